The van der Waals surface area contributed by atoms with Crippen molar-refractivity contribution in [1.29, 1.82) is 0 Å². The van der Waals surface area contributed by atoms with Crippen molar-refractivity contribution in [3.8, 4) is 5.75 Å². The number of fused-ring (bicyclic) bond motifs is 1. The Hall–Kier alpha value is -1.29. The highest BCUT2D eigenvalue weighted by Crippen LogP contribution is 2.31. The maximum atomic E-state index is 11.4. The van der Waals surface area contributed by atoms with Crippen LogP contribution in [0, 0.1) is 0 Å². The first-order valence-electron chi connectivity index (χ1n) is 4.08. The highest BCUT2D eigenvalue weighted by molar-refractivity contribution is 9.10. The maximum absolute atomic E-state index is 11.4. The van der Waals surface area contributed by atoms with Crippen LogP contribution in [0.25, 0.3) is 10.8 Å². The van der Waals surface area contributed by atoms with E-state index in [2.05, 4.69) is 20.9 Å². The van der Waals surface area contributed by atoms with Gasteiger partial charge in [-0.3, -0.25) is 4.79 Å². The Bertz CT molecular complexity index is 533. The number of aromatic amines is 1. The quantitative estimate of drug-likeness (QED) is 0.848. The molecule has 4 heteroatoms. The van der Waals surface area contributed by atoms with Gasteiger partial charge in [-0.25, -0.2) is 0 Å². The zero-order valence-electron chi connectivity index (χ0n) is 7.50. The number of H-pyrrole nitrogens is 1. The molecule has 3 nitrogen and oxygen atoms in total. The topological polar surface area (TPSA) is 42.1 Å². The predicted molar refractivity (Wildman–Crippen MR) is 58.8 cm³/mol. The fourth-order valence-electron chi connectivity index (χ4n) is 1.42. The fourth-order valence-corrected chi connectivity index (χ4v) is 1.93. The van der Waals surface area contributed by atoms with Crippen LogP contribution < -0.4 is 10.3 Å². The summed E-state index contributed by atoms with van der Waals surface area (Å²) in [4.78, 5) is 14.1. The smallest absolute Gasteiger partial charge is 0.255 e. The number of pyridine rings is 1. The van der Waals surface area contributed by atoms with Gasteiger partial charge in [-0.2, -0.15) is 0 Å². The largest absolute Gasteiger partial charge is 0.495 e. The molecule has 14 heavy (non-hydrogen) atoms. The van der Waals surface area contributed by atoms with Crippen LogP contribution in [0.3, 0.4) is 0 Å². The summed E-state index contributed by atoms with van der Waals surface area (Å²) in [6.45, 7) is 0. The van der Waals surface area contributed by atoms with E-state index in [4.69, 9.17) is 4.74 Å². The summed E-state index contributed by atoms with van der Waals surface area (Å²) in [5.41, 5.74) is -0.103. The Morgan fingerprint density at radius 1 is 1.29 bits per heavy atom. The molecule has 0 aliphatic carbocycles. The number of hydrogen-bond donors (Lipinski definition) is 1. The van der Waals surface area contributed by atoms with E-state index in [0.29, 0.717) is 11.1 Å². The molecule has 1 heterocycles. The number of methoxy groups -OCH3 is 1. The minimum absolute atomic E-state index is 0.103. The zero-order valence-corrected chi connectivity index (χ0v) is 9.09. The Morgan fingerprint density at radius 3 is 2.79 bits per heavy atom. The predicted octanol–water partition coefficient (Wildman–Crippen LogP) is 2.30. The van der Waals surface area contributed by atoms with E-state index in [9.17, 15) is 4.79 Å². The van der Waals surface area contributed by atoms with Gasteiger partial charge in [0.25, 0.3) is 5.56 Å². The van der Waals surface area contributed by atoms with Crippen LogP contribution in [0.1, 0.15) is 0 Å². The number of rotatable bonds is 1. The molecule has 0 radical (unpaired) electrons. The van der Waals surface area contributed by atoms with E-state index in [1.807, 2.05) is 6.07 Å². The second kappa shape index (κ2) is 3.46. The van der Waals surface area contributed by atoms with Gasteiger partial charge in [0.2, 0.25) is 0 Å². The van der Waals surface area contributed by atoms with E-state index in [-0.39, 0.29) is 5.56 Å². The highest BCUT2D eigenvalue weighted by Gasteiger charge is 2.07. The Morgan fingerprint density at radius 2 is 2.07 bits per heavy atom. The molecule has 2 rings (SSSR count). The van der Waals surface area contributed by atoms with Crippen LogP contribution in [-0.4, -0.2) is 12.1 Å². The third-order valence-electron chi connectivity index (χ3n) is 2.06. The number of nitrogens with one attached hydrogen (secondary N) is 1. The average Bonchev–Trinajstić information content (AvgIpc) is 2.18. The monoisotopic (exact) mass is 253 g/mol. The summed E-state index contributed by atoms with van der Waals surface area (Å²) in [6, 6.07) is 5.39. The van der Waals surface area contributed by atoms with Gasteiger partial charge in [0.1, 0.15) is 5.75 Å². The van der Waals surface area contributed by atoms with Crippen LogP contribution >= 0.6 is 15.9 Å². The van der Waals surface area contributed by atoms with Gasteiger partial charge in [0.05, 0.1) is 17.0 Å². The lowest BCUT2D eigenvalue weighted by atomic mass is 10.1. The van der Waals surface area contributed by atoms with E-state index in [0.717, 1.165) is 9.86 Å². The van der Waals surface area contributed by atoms with E-state index in [1.165, 1.54) is 0 Å². The normalized spacial score (nSPS) is 10.4. The number of hydrogen-bond acceptors (Lipinski definition) is 2. The molecular weight excluding hydrogens is 246 g/mol. The molecule has 0 saturated carbocycles. The summed E-state index contributed by atoms with van der Waals surface area (Å²) in [5.74, 6) is 0.689. The fraction of sp³-hybridized carbons (Fsp3) is 0.100. The summed E-state index contributed by atoms with van der Waals surface area (Å²) in [5, 5.41) is 1.44. The SMILES string of the molecule is COc1c(Br)ccc2c(=O)[nH]ccc12. The Balaban J connectivity index is 2.95. The van der Waals surface area contributed by atoms with Gasteiger partial charge >= 0.3 is 0 Å². The summed E-state index contributed by atoms with van der Waals surface area (Å²) in [7, 11) is 1.58. The van der Waals surface area contributed by atoms with Gasteiger partial charge in [-0.1, -0.05) is 0 Å². The van der Waals surface area contributed by atoms with E-state index in [1.54, 1.807) is 25.4 Å². The molecule has 0 aliphatic heterocycles. The van der Waals surface area contributed by atoms with Crippen LogP contribution in [-0.2, 0) is 0 Å². The molecule has 0 fully saturated rings. The average molecular weight is 254 g/mol. The van der Waals surface area contributed by atoms with Crippen molar-refractivity contribution in [2.45, 2.75) is 0 Å². The first-order valence-corrected chi connectivity index (χ1v) is 4.87. The second-order valence-corrected chi connectivity index (χ2v) is 3.70. The Labute approximate surface area is 88.8 Å². The van der Waals surface area contributed by atoms with Gasteiger partial charge in [-0.05, 0) is 34.1 Å². The van der Waals surface area contributed by atoms with Crippen molar-refractivity contribution < 1.29 is 4.74 Å². The first-order chi connectivity index (χ1) is 6.74. The molecule has 0 atom stereocenters. The van der Waals surface area contributed by atoms with Gasteiger partial charge < -0.3 is 9.72 Å². The third-order valence-corrected chi connectivity index (χ3v) is 2.69. The molecular formula is C10H8BrNO2. The highest BCUT2D eigenvalue weighted by atomic mass is 79.9. The first kappa shape index (κ1) is 9.27. The van der Waals surface area contributed by atoms with Crippen LogP contribution in [0.5, 0.6) is 5.75 Å². The van der Waals surface area contributed by atoms with E-state index < -0.39 is 0 Å². The number of benzene rings is 1. The van der Waals surface area contributed by atoms with Crippen molar-refractivity contribution in [2.75, 3.05) is 7.11 Å². The zero-order chi connectivity index (χ0) is 10.1. The standard InChI is InChI=1S/C10H8BrNO2/c1-14-9-6-4-5-12-10(13)7(6)2-3-8(9)11/h2-5H,1H3,(H,12,13). The molecule has 0 spiro atoms. The molecule has 0 unspecified atom stereocenters. The minimum atomic E-state index is -0.103. The Kier molecular flexibility index (Phi) is 2.29. The molecule has 1 aromatic heterocycles. The minimum Gasteiger partial charge on any atom is -0.495 e. The maximum Gasteiger partial charge on any atom is 0.255 e. The van der Waals surface area contributed by atoms with Crippen molar-refractivity contribution in [1.82, 2.24) is 4.98 Å². The van der Waals surface area contributed by atoms with Gasteiger partial charge in [0, 0.05) is 11.6 Å². The molecule has 72 valence electrons. The third kappa shape index (κ3) is 1.32. The van der Waals surface area contributed by atoms with E-state index >= 15 is 0 Å². The molecule has 1 N–H and O–H groups in total. The van der Waals surface area contributed by atoms with Crippen LogP contribution in [0.4, 0.5) is 0 Å². The van der Waals surface area contributed by atoms with Crippen LogP contribution in [0.2, 0.25) is 0 Å². The number of halogens is 1. The second-order valence-electron chi connectivity index (χ2n) is 2.85. The summed E-state index contributed by atoms with van der Waals surface area (Å²) in [6.07, 6.45) is 1.61. The lowest BCUT2D eigenvalue weighted by Crippen LogP contribution is -2.04. The van der Waals surface area contributed by atoms with Crippen LogP contribution in [0.15, 0.2) is 33.7 Å². The van der Waals surface area contributed by atoms with Crippen molar-refractivity contribution >= 4 is 26.7 Å². The molecule has 1 aromatic carbocycles. The molecule has 0 aliphatic rings. The van der Waals surface area contributed by atoms with Crippen molar-refractivity contribution in [2.24, 2.45) is 0 Å². The lowest BCUT2D eigenvalue weighted by Gasteiger charge is -2.06. The molecule has 2 aromatic rings. The number of ether oxygens (including phenoxy) is 1. The molecule has 0 amide bonds. The van der Waals surface area contributed by atoms with Gasteiger partial charge in [0.15, 0.2) is 0 Å². The van der Waals surface area contributed by atoms with Crippen molar-refractivity contribution in [3.63, 3.8) is 0 Å². The summed E-state index contributed by atoms with van der Waals surface area (Å²) < 4.78 is 6.06. The number of aromatic nitrogens is 1. The molecule has 0 saturated heterocycles. The lowest BCUT2D eigenvalue weighted by molar-refractivity contribution is 0.417. The summed E-state index contributed by atoms with van der Waals surface area (Å²) >= 11 is 3.36. The van der Waals surface area contributed by atoms with Crippen molar-refractivity contribution in [3.05, 3.63) is 39.2 Å². The van der Waals surface area contributed by atoms with Gasteiger partial charge in [-0.15, -0.1) is 0 Å². The molecule has 0 bridgehead atoms.